The van der Waals surface area contributed by atoms with Gasteiger partial charge in [-0.2, -0.15) is 4.98 Å². The molecule has 1 amide bonds. The van der Waals surface area contributed by atoms with E-state index in [9.17, 15) is 9.59 Å². The van der Waals surface area contributed by atoms with Crippen LogP contribution >= 0.6 is 0 Å². The van der Waals surface area contributed by atoms with Gasteiger partial charge in [-0.3, -0.25) is 9.36 Å². The molecule has 2 N–H and O–H groups in total. The zero-order chi connectivity index (χ0) is 16.4. The summed E-state index contributed by atoms with van der Waals surface area (Å²) in [5.41, 5.74) is 3.06. The quantitative estimate of drug-likeness (QED) is 0.772. The Morgan fingerprint density at radius 2 is 2.04 bits per heavy atom. The fourth-order valence-corrected chi connectivity index (χ4v) is 2.43. The molecule has 3 rings (SSSR count). The van der Waals surface area contributed by atoms with Gasteiger partial charge in [0.1, 0.15) is 5.65 Å². The molecule has 0 spiro atoms. The van der Waals surface area contributed by atoms with Crippen molar-refractivity contribution in [3.63, 3.8) is 0 Å². The number of nitrogens with zero attached hydrogens (tertiary/aromatic N) is 2. The Labute approximate surface area is 133 Å². The van der Waals surface area contributed by atoms with E-state index in [1.807, 2.05) is 37.3 Å². The Bertz CT molecular complexity index is 906. The zero-order valence-corrected chi connectivity index (χ0v) is 13.1. The molecule has 0 fully saturated rings. The zero-order valence-electron chi connectivity index (χ0n) is 13.1. The molecule has 0 unspecified atom stereocenters. The van der Waals surface area contributed by atoms with E-state index in [1.165, 1.54) is 11.5 Å². The molecule has 0 aliphatic carbocycles. The van der Waals surface area contributed by atoms with E-state index in [-0.39, 0.29) is 11.6 Å². The van der Waals surface area contributed by atoms with Crippen LogP contribution in [0, 0.1) is 0 Å². The van der Waals surface area contributed by atoms with Crippen molar-refractivity contribution in [1.82, 2.24) is 19.9 Å². The van der Waals surface area contributed by atoms with Crippen LogP contribution in [0.4, 0.5) is 0 Å². The fraction of sp³-hybridized carbons (Fsp3) is 0.235. The van der Waals surface area contributed by atoms with Crippen LogP contribution in [0.1, 0.15) is 25.1 Å². The first-order chi connectivity index (χ1) is 11.1. The standard InChI is InChI=1S/C17H18N4O2/c1-3-14-8-13-10-21(17(23)20-16(13)19-14)15-6-4-12(5-7-15)9-18-11(2)22/h4-8,10H,3,9H2,1-2H3,(H,18,22)(H,19,20,23). The number of H-pyrrole nitrogens is 1. The Kier molecular flexibility index (Phi) is 3.97. The molecule has 0 saturated heterocycles. The fourth-order valence-electron chi connectivity index (χ4n) is 2.43. The highest BCUT2D eigenvalue weighted by atomic mass is 16.1. The number of carbonyl (C=O) groups excluding carboxylic acids is 1. The number of hydrogen-bond donors (Lipinski definition) is 2. The van der Waals surface area contributed by atoms with Gasteiger partial charge in [-0.25, -0.2) is 4.79 Å². The summed E-state index contributed by atoms with van der Waals surface area (Å²) in [6, 6.07) is 9.47. The predicted octanol–water partition coefficient (Wildman–Crippen LogP) is 1.91. The van der Waals surface area contributed by atoms with Crippen molar-refractivity contribution >= 4 is 16.9 Å². The molecule has 0 saturated carbocycles. The van der Waals surface area contributed by atoms with Crippen LogP contribution in [-0.4, -0.2) is 20.4 Å². The van der Waals surface area contributed by atoms with Gasteiger partial charge in [0.25, 0.3) is 0 Å². The minimum atomic E-state index is -0.323. The lowest BCUT2D eigenvalue weighted by Gasteiger charge is -2.07. The van der Waals surface area contributed by atoms with Crippen molar-refractivity contribution in [3.8, 4) is 5.69 Å². The van der Waals surface area contributed by atoms with E-state index in [4.69, 9.17) is 0 Å². The smallest absolute Gasteiger partial charge is 0.352 e. The summed E-state index contributed by atoms with van der Waals surface area (Å²) in [6.07, 6.45) is 2.66. The minimum Gasteiger partial charge on any atom is -0.352 e. The second-order valence-corrected chi connectivity index (χ2v) is 5.42. The molecule has 0 aliphatic rings. The molecule has 2 heterocycles. The Morgan fingerprint density at radius 1 is 1.30 bits per heavy atom. The molecule has 23 heavy (non-hydrogen) atoms. The number of aromatic nitrogens is 3. The van der Waals surface area contributed by atoms with Gasteiger partial charge in [-0.15, -0.1) is 0 Å². The van der Waals surface area contributed by atoms with Crippen LogP contribution < -0.4 is 11.0 Å². The molecule has 0 radical (unpaired) electrons. The number of hydrogen-bond acceptors (Lipinski definition) is 3. The molecule has 0 aliphatic heterocycles. The van der Waals surface area contributed by atoms with Crippen molar-refractivity contribution in [2.45, 2.75) is 26.8 Å². The highest BCUT2D eigenvalue weighted by molar-refractivity contribution is 5.75. The number of rotatable bonds is 4. The van der Waals surface area contributed by atoms with E-state index >= 15 is 0 Å². The van der Waals surface area contributed by atoms with Gasteiger partial charge in [0.15, 0.2) is 0 Å². The summed E-state index contributed by atoms with van der Waals surface area (Å²) < 4.78 is 1.53. The molecule has 6 nitrogen and oxygen atoms in total. The molecule has 0 atom stereocenters. The van der Waals surface area contributed by atoms with Gasteiger partial charge < -0.3 is 10.3 Å². The lowest BCUT2D eigenvalue weighted by Crippen LogP contribution is -2.21. The third-order valence-corrected chi connectivity index (χ3v) is 3.70. The highest BCUT2D eigenvalue weighted by Crippen LogP contribution is 2.14. The maximum absolute atomic E-state index is 12.2. The third kappa shape index (κ3) is 3.15. The molecule has 2 aromatic heterocycles. The first-order valence-electron chi connectivity index (χ1n) is 7.52. The maximum Gasteiger partial charge on any atom is 0.354 e. The molecule has 6 heteroatoms. The van der Waals surface area contributed by atoms with E-state index in [2.05, 4.69) is 15.3 Å². The van der Waals surface area contributed by atoms with Gasteiger partial charge in [-0.1, -0.05) is 19.1 Å². The van der Waals surface area contributed by atoms with Gasteiger partial charge in [0, 0.05) is 30.7 Å². The maximum atomic E-state index is 12.2. The van der Waals surface area contributed by atoms with Crippen LogP contribution in [0.3, 0.4) is 0 Å². The lowest BCUT2D eigenvalue weighted by atomic mass is 10.2. The largest absolute Gasteiger partial charge is 0.354 e. The van der Waals surface area contributed by atoms with Crippen molar-refractivity contribution in [2.24, 2.45) is 0 Å². The topological polar surface area (TPSA) is 79.8 Å². The SMILES string of the molecule is CCc1cc2cn(-c3ccc(CNC(C)=O)cc3)c(=O)nc2[nH]1. The summed E-state index contributed by atoms with van der Waals surface area (Å²) in [7, 11) is 0. The highest BCUT2D eigenvalue weighted by Gasteiger charge is 2.07. The first kappa shape index (κ1) is 15.0. The monoisotopic (exact) mass is 310 g/mol. The lowest BCUT2D eigenvalue weighted by molar-refractivity contribution is -0.119. The summed E-state index contributed by atoms with van der Waals surface area (Å²) in [4.78, 5) is 30.4. The molecule has 118 valence electrons. The number of amides is 1. The van der Waals surface area contributed by atoms with Crippen molar-refractivity contribution in [2.75, 3.05) is 0 Å². The summed E-state index contributed by atoms with van der Waals surface area (Å²) in [6.45, 7) is 4.00. The number of aryl methyl sites for hydroxylation is 1. The average Bonchev–Trinajstić information content (AvgIpc) is 2.94. The van der Waals surface area contributed by atoms with Crippen LogP contribution in [-0.2, 0) is 17.8 Å². The van der Waals surface area contributed by atoms with Crippen molar-refractivity contribution in [3.05, 3.63) is 58.3 Å². The first-order valence-corrected chi connectivity index (χ1v) is 7.52. The van der Waals surface area contributed by atoms with Crippen molar-refractivity contribution < 1.29 is 4.79 Å². The number of aromatic amines is 1. The van der Waals surface area contributed by atoms with Gasteiger partial charge in [0.05, 0.1) is 5.69 Å². The van der Waals surface area contributed by atoms with Gasteiger partial charge in [0.2, 0.25) is 5.91 Å². The Morgan fingerprint density at radius 3 is 2.70 bits per heavy atom. The van der Waals surface area contributed by atoms with Crippen LogP contribution in [0.15, 0.2) is 41.3 Å². The van der Waals surface area contributed by atoms with Gasteiger partial charge >= 0.3 is 5.69 Å². The van der Waals surface area contributed by atoms with E-state index in [0.29, 0.717) is 12.2 Å². The second-order valence-electron chi connectivity index (χ2n) is 5.42. The number of benzene rings is 1. The third-order valence-electron chi connectivity index (χ3n) is 3.70. The van der Waals surface area contributed by atoms with Crippen LogP contribution in [0.5, 0.6) is 0 Å². The summed E-state index contributed by atoms with van der Waals surface area (Å²) in [5.74, 6) is -0.0702. The molecule has 3 aromatic rings. The second kappa shape index (κ2) is 6.08. The van der Waals surface area contributed by atoms with Crippen molar-refractivity contribution in [1.29, 1.82) is 0 Å². The summed E-state index contributed by atoms with van der Waals surface area (Å²) >= 11 is 0. The van der Waals surface area contributed by atoms with Gasteiger partial charge in [-0.05, 0) is 30.2 Å². The number of fused-ring (bicyclic) bond motifs is 1. The van der Waals surface area contributed by atoms with E-state index in [1.54, 1.807) is 6.20 Å². The molecule has 1 aromatic carbocycles. The van der Waals surface area contributed by atoms with E-state index in [0.717, 1.165) is 28.8 Å². The minimum absolute atomic E-state index is 0.0702. The predicted molar refractivity (Wildman–Crippen MR) is 88.6 cm³/mol. The summed E-state index contributed by atoms with van der Waals surface area (Å²) in [5, 5.41) is 3.65. The molecular formula is C17H18N4O2. The Balaban J connectivity index is 1.94. The van der Waals surface area contributed by atoms with Crippen LogP contribution in [0.2, 0.25) is 0 Å². The molecule has 0 bridgehead atoms. The number of nitrogens with one attached hydrogen (secondary N) is 2. The molecular weight excluding hydrogens is 292 g/mol. The van der Waals surface area contributed by atoms with E-state index < -0.39 is 0 Å². The Hall–Kier alpha value is -2.89. The number of carbonyl (C=O) groups is 1. The average molecular weight is 310 g/mol. The van der Waals surface area contributed by atoms with Crippen LogP contribution in [0.25, 0.3) is 16.7 Å². The normalized spacial score (nSPS) is 10.9.